The molecular weight excluding hydrogens is 270 g/mol. The van der Waals surface area contributed by atoms with E-state index in [2.05, 4.69) is 29.0 Å². The summed E-state index contributed by atoms with van der Waals surface area (Å²) in [6.45, 7) is 3.37. The highest BCUT2D eigenvalue weighted by Crippen LogP contribution is 2.39. The van der Waals surface area contributed by atoms with Crippen LogP contribution < -0.4 is 4.90 Å². The van der Waals surface area contributed by atoms with Crippen LogP contribution in [0.4, 0.5) is 5.82 Å². The fourth-order valence-corrected chi connectivity index (χ4v) is 4.30. The first-order valence-corrected chi connectivity index (χ1v) is 7.84. The molecule has 4 nitrogen and oxygen atoms in total. The smallest absolute Gasteiger partial charge is 0.160 e. The predicted octanol–water partition coefficient (Wildman–Crippen LogP) is 2.39. The van der Waals surface area contributed by atoms with E-state index in [4.69, 9.17) is 4.98 Å². The van der Waals surface area contributed by atoms with Crippen molar-refractivity contribution in [1.82, 2.24) is 9.88 Å². The van der Waals surface area contributed by atoms with Crippen molar-refractivity contribution in [3.63, 3.8) is 0 Å². The Balaban J connectivity index is 1.59. The van der Waals surface area contributed by atoms with Gasteiger partial charge in [0, 0.05) is 18.5 Å². The molecule has 104 valence electrons. The molecule has 5 heteroatoms. The van der Waals surface area contributed by atoms with Gasteiger partial charge in [-0.05, 0) is 44.6 Å². The van der Waals surface area contributed by atoms with E-state index in [1.54, 1.807) is 0 Å². The molecule has 4 heterocycles. The summed E-state index contributed by atoms with van der Waals surface area (Å²) in [7, 11) is 2.23. The third kappa shape index (κ3) is 1.70. The van der Waals surface area contributed by atoms with Gasteiger partial charge in [0.15, 0.2) is 6.29 Å². The van der Waals surface area contributed by atoms with Crippen molar-refractivity contribution in [1.29, 1.82) is 0 Å². The minimum absolute atomic E-state index is 0.389. The first kappa shape index (κ1) is 12.3. The molecule has 2 aromatic rings. The molecule has 0 bridgehead atoms. The van der Waals surface area contributed by atoms with Gasteiger partial charge in [0.05, 0.1) is 10.4 Å². The molecule has 2 aliphatic rings. The highest BCUT2D eigenvalue weighted by Gasteiger charge is 2.48. The Morgan fingerprint density at radius 1 is 1.40 bits per heavy atom. The number of hydrogen-bond donors (Lipinski definition) is 0. The normalized spacial score (nSPS) is 21.6. The van der Waals surface area contributed by atoms with E-state index < -0.39 is 0 Å². The van der Waals surface area contributed by atoms with Gasteiger partial charge in [-0.1, -0.05) is 0 Å². The minimum Gasteiger partial charge on any atom is -0.353 e. The van der Waals surface area contributed by atoms with Crippen LogP contribution in [0.5, 0.6) is 0 Å². The Morgan fingerprint density at radius 3 is 2.95 bits per heavy atom. The Hall–Kier alpha value is -1.46. The van der Waals surface area contributed by atoms with Crippen LogP contribution in [0.2, 0.25) is 0 Å². The van der Waals surface area contributed by atoms with E-state index in [1.165, 1.54) is 30.7 Å². The van der Waals surface area contributed by atoms with Gasteiger partial charge >= 0.3 is 0 Å². The Morgan fingerprint density at radius 2 is 2.25 bits per heavy atom. The lowest BCUT2D eigenvalue weighted by molar-refractivity contribution is 0.112. The number of nitrogens with zero attached hydrogens (tertiary/aromatic N) is 3. The maximum absolute atomic E-state index is 10.8. The number of anilines is 1. The maximum Gasteiger partial charge on any atom is 0.160 e. The maximum atomic E-state index is 10.8. The van der Waals surface area contributed by atoms with Crippen molar-refractivity contribution in [3.05, 3.63) is 23.1 Å². The van der Waals surface area contributed by atoms with Crippen LogP contribution in [0.1, 0.15) is 22.5 Å². The van der Waals surface area contributed by atoms with Gasteiger partial charge in [-0.2, -0.15) is 0 Å². The molecule has 0 radical (unpaired) electrons. The van der Waals surface area contributed by atoms with Crippen molar-refractivity contribution >= 4 is 33.7 Å². The van der Waals surface area contributed by atoms with Gasteiger partial charge in [-0.25, -0.2) is 4.98 Å². The van der Waals surface area contributed by atoms with E-state index >= 15 is 0 Å². The lowest BCUT2D eigenvalue weighted by Gasteiger charge is -2.52. The summed E-state index contributed by atoms with van der Waals surface area (Å²) in [6, 6.07) is 6.06. The third-order valence-corrected chi connectivity index (χ3v) is 5.71. The van der Waals surface area contributed by atoms with Gasteiger partial charge in [-0.15, -0.1) is 11.3 Å². The molecule has 2 aromatic heterocycles. The molecule has 4 rings (SSSR count). The van der Waals surface area contributed by atoms with Crippen LogP contribution in [0.15, 0.2) is 18.2 Å². The van der Waals surface area contributed by atoms with E-state index in [9.17, 15) is 4.79 Å². The Kier molecular flexibility index (Phi) is 2.62. The van der Waals surface area contributed by atoms with Crippen molar-refractivity contribution in [2.75, 3.05) is 31.6 Å². The Bertz CT molecular complexity index is 675. The summed E-state index contributed by atoms with van der Waals surface area (Å²) in [5.74, 6) is 1.04. The van der Waals surface area contributed by atoms with Crippen molar-refractivity contribution in [2.24, 2.45) is 0 Å². The zero-order chi connectivity index (χ0) is 13.7. The molecular formula is C15H17N3OS. The number of aromatic nitrogens is 1. The van der Waals surface area contributed by atoms with Crippen LogP contribution in [-0.4, -0.2) is 48.4 Å². The average molecular weight is 287 g/mol. The van der Waals surface area contributed by atoms with Crippen LogP contribution in [0, 0.1) is 0 Å². The third-order valence-electron chi connectivity index (χ3n) is 4.74. The molecule has 2 aliphatic heterocycles. The lowest BCUT2D eigenvalue weighted by Crippen LogP contribution is -2.67. The van der Waals surface area contributed by atoms with E-state index in [0.717, 1.165) is 40.3 Å². The first-order chi connectivity index (χ1) is 9.70. The highest BCUT2D eigenvalue weighted by atomic mass is 32.1. The molecule has 0 N–H and O–H groups in total. The van der Waals surface area contributed by atoms with Gasteiger partial charge in [0.25, 0.3) is 0 Å². The second-order valence-corrected chi connectivity index (χ2v) is 7.00. The number of likely N-dealkylation sites (tertiary alicyclic amines) is 1. The monoisotopic (exact) mass is 287 g/mol. The van der Waals surface area contributed by atoms with E-state index in [-0.39, 0.29) is 0 Å². The zero-order valence-corrected chi connectivity index (χ0v) is 12.3. The molecule has 2 fully saturated rings. The number of rotatable bonds is 2. The SMILES string of the molecule is CN1CCCC12CN(c1ccc3cc(C=O)sc3n1)C2. The second kappa shape index (κ2) is 4.27. The summed E-state index contributed by atoms with van der Waals surface area (Å²) in [4.78, 5) is 22.1. The molecule has 0 aromatic carbocycles. The summed E-state index contributed by atoms with van der Waals surface area (Å²) in [5.41, 5.74) is 0.389. The van der Waals surface area contributed by atoms with Crippen molar-refractivity contribution in [2.45, 2.75) is 18.4 Å². The van der Waals surface area contributed by atoms with E-state index in [0.29, 0.717) is 5.54 Å². The minimum atomic E-state index is 0.389. The number of carbonyl (C=O) groups excluding carboxylic acids is 1. The quantitative estimate of drug-likeness (QED) is 0.795. The average Bonchev–Trinajstić information content (AvgIpc) is 2.98. The molecule has 0 saturated carbocycles. The number of fused-ring (bicyclic) bond motifs is 1. The highest BCUT2D eigenvalue weighted by molar-refractivity contribution is 7.20. The number of pyridine rings is 1. The fourth-order valence-electron chi connectivity index (χ4n) is 3.46. The van der Waals surface area contributed by atoms with Gasteiger partial charge in [0.1, 0.15) is 10.6 Å². The van der Waals surface area contributed by atoms with Crippen molar-refractivity contribution < 1.29 is 4.79 Å². The molecule has 0 atom stereocenters. The van der Waals surface area contributed by atoms with E-state index in [1.807, 2.05) is 6.07 Å². The number of thiophene rings is 1. The molecule has 2 saturated heterocycles. The Labute approximate surface area is 122 Å². The number of carbonyl (C=O) groups is 1. The summed E-state index contributed by atoms with van der Waals surface area (Å²) in [5, 5.41) is 1.06. The largest absolute Gasteiger partial charge is 0.353 e. The molecule has 0 unspecified atom stereocenters. The molecule has 0 aliphatic carbocycles. The van der Waals surface area contributed by atoms with Crippen molar-refractivity contribution in [3.8, 4) is 0 Å². The number of likely N-dealkylation sites (N-methyl/N-ethyl adjacent to an activating group) is 1. The molecule has 20 heavy (non-hydrogen) atoms. The summed E-state index contributed by atoms with van der Waals surface area (Å²) >= 11 is 1.47. The summed E-state index contributed by atoms with van der Waals surface area (Å²) < 4.78 is 0. The fraction of sp³-hybridized carbons (Fsp3) is 0.467. The summed E-state index contributed by atoms with van der Waals surface area (Å²) in [6.07, 6.45) is 3.51. The standard InChI is InChI=1S/C15H17N3OS/c1-17-6-2-5-15(17)9-18(10-15)13-4-3-11-7-12(8-19)20-14(11)16-13/h3-4,7-8H,2,5-6,9-10H2,1H3. The van der Waals surface area contributed by atoms with Crippen LogP contribution in [0.25, 0.3) is 10.2 Å². The topological polar surface area (TPSA) is 36.4 Å². The van der Waals surface area contributed by atoms with Crippen LogP contribution in [-0.2, 0) is 0 Å². The first-order valence-electron chi connectivity index (χ1n) is 7.02. The lowest BCUT2D eigenvalue weighted by atomic mass is 9.87. The number of aldehydes is 1. The number of hydrogen-bond acceptors (Lipinski definition) is 5. The molecule has 1 spiro atoms. The van der Waals surface area contributed by atoms with Crippen LogP contribution in [0.3, 0.4) is 0 Å². The van der Waals surface area contributed by atoms with Gasteiger partial charge in [0.2, 0.25) is 0 Å². The van der Waals surface area contributed by atoms with Gasteiger partial charge < -0.3 is 4.90 Å². The zero-order valence-electron chi connectivity index (χ0n) is 11.5. The molecule has 0 amide bonds. The van der Waals surface area contributed by atoms with Gasteiger partial charge in [-0.3, -0.25) is 9.69 Å². The van der Waals surface area contributed by atoms with Crippen LogP contribution >= 0.6 is 11.3 Å². The second-order valence-electron chi connectivity index (χ2n) is 5.94. The predicted molar refractivity (Wildman–Crippen MR) is 81.8 cm³/mol.